The summed E-state index contributed by atoms with van der Waals surface area (Å²) in [6, 6.07) is 9.99. The van der Waals surface area contributed by atoms with Gasteiger partial charge in [-0.3, -0.25) is 0 Å². The number of primary sulfonamides is 1. The van der Waals surface area contributed by atoms with E-state index in [1.54, 1.807) is 12.1 Å². The predicted molar refractivity (Wildman–Crippen MR) is 99.2 cm³/mol. The first-order valence-electron chi connectivity index (χ1n) is 7.60. The van der Waals surface area contributed by atoms with Gasteiger partial charge in [0.15, 0.2) is 0 Å². The molecule has 146 valence electrons. The number of rotatable bonds is 7. The second-order valence-corrected chi connectivity index (χ2v) is 8.90. The fourth-order valence-electron chi connectivity index (χ4n) is 2.27. The first-order chi connectivity index (χ1) is 12.6. The number of carbonyl (C=O) groups is 1. The summed E-state index contributed by atoms with van der Waals surface area (Å²) in [5, 5.41) is 8.06. The van der Waals surface area contributed by atoms with E-state index in [0.29, 0.717) is 11.3 Å². The van der Waals surface area contributed by atoms with E-state index in [1.165, 1.54) is 38.4 Å². The largest absolute Gasteiger partial charge is 0.465 e. The lowest BCUT2D eigenvalue weighted by molar-refractivity contribution is 0.0601. The third-order valence-corrected chi connectivity index (χ3v) is 6.01. The minimum Gasteiger partial charge on any atom is -0.465 e. The molecule has 2 aromatic carbocycles. The highest BCUT2D eigenvalue weighted by molar-refractivity contribution is 7.89. The van der Waals surface area contributed by atoms with E-state index < -0.39 is 26.0 Å². The van der Waals surface area contributed by atoms with Gasteiger partial charge in [0.05, 0.1) is 22.5 Å². The summed E-state index contributed by atoms with van der Waals surface area (Å²) in [6.07, 6.45) is 0. The van der Waals surface area contributed by atoms with Gasteiger partial charge in [-0.1, -0.05) is 12.1 Å². The predicted octanol–water partition coefficient (Wildman–Crippen LogP) is 0.641. The third-order valence-electron chi connectivity index (χ3n) is 3.69. The van der Waals surface area contributed by atoms with Gasteiger partial charge in [-0.2, -0.15) is 0 Å². The maximum absolute atomic E-state index is 12.0. The number of anilines is 1. The molecule has 0 saturated carbocycles. The van der Waals surface area contributed by atoms with Crippen LogP contribution in [0.5, 0.6) is 0 Å². The van der Waals surface area contributed by atoms with E-state index in [2.05, 4.69) is 14.8 Å². The maximum atomic E-state index is 12.0. The van der Waals surface area contributed by atoms with E-state index in [0.717, 1.165) is 6.07 Å². The molecular formula is C16H19N3O6S2. The number of hydrogen-bond acceptors (Lipinski definition) is 7. The molecule has 0 aliphatic carbocycles. The van der Waals surface area contributed by atoms with Crippen molar-refractivity contribution in [3.8, 4) is 0 Å². The van der Waals surface area contributed by atoms with Crippen LogP contribution in [0.2, 0.25) is 0 Å². The number of carbonyl (C=O) groups excluding carboxylic acids is 1. The summed E-state index contributed by atoms with van der Waals surface area (Å²) in [6.45, 7) is 0.186. The lowest BCUT2D eigenvalue weighted by atomic mass is 10.1. The molecular weight excluding hydrogens is 394 g/mol. The quantitative estimate of drug-likeness (QED) is 0.565. The Morgan fingerprint density at radius 2 is 1.78 bits per heavy atom. The Hall–Kier alpha value is -2.47. The number of ether oxygens (including phenoxy) is 1. The Morgan fingerprint density at radius 1 is 1.07 bits per heavy atom. The van der Waals surface area contributed by atoms with Crippen molar-refractivity contribution in [3.63, 3.8) is 0 Å². The van der Waals surface area contributed by atoms with E-state index in [4.69, 9.17) is 5.14 Å². The van der Waals surface area contributed by atoms with Gasteiger partial charge in [0, 0.05) is 12.2 Å². The third kappa shape index (κ3) is 5.04. The Balaban J connectivity index is 2.33. The minimum atomic E-state index is -3.99. The van der Waals surface area contributed by atoms with Gasteiger partial charge in [-0.15, -0.1) is 0 Å². The maximum Gasteiger partial charge on any atom is 0.340 e. The number of benzene rings is 2. The Kier molecular flexibility index (Phi) is 6.21. The van der Waals surface area contributed by atoms with Crippen LogP contribution < -0.4 is 15.2 Å². The second kappa shape index (κ2) is 8.05. The molecule has 2 aromatic rings. The zero-order valence-electron chi connectivity index (χ0n) is 14.6. The first-order valence-corrected chi connectivity index (χ1v) is 10.6. The van der Waals surface area contributed by atoms with Crippen LogP contribution >= 0.6 is 0 Å². The summed E-state index contributed by atoms with van der Waals surface area (Å²) in [5.74, 6) is -0.741. The molecule has 11 heteroatoms. The van der Waals surface area contributed by atoms with Crippen LogP contribution in [-0.2, 0) is 31.3 Å². The van der Waals surface area contributed by atoms with Crippen molar-refractivity contribution >= 4 is 31.7 Å². The van der Waals surface area contributed by atoms with Gasteiger partial charge in [0.2, 0.25) is 20.0 Å². The van der Waals surface area contributed by atoms with Gasteiger partial charge < -0.3 is 10.1 Å². The van der Waals surface area contributed by atoms with Crippen molar-refractivity contribution in [2.45, 2.75) is 16.3 Å². The van der Waals surface area contributed by atoms with E-state index in [9.17, 15) is 21.6 Å². The van der Waals surface area contributed by atoms with Crippen molar-refractivity contribution < 1.29 is 26.4 Å². The standard InChI is InChI=1S/C16H19N3O6S2/c1-18-27(23,24)13-5-3-4-11(8-13)10-19-15-7-6-12(26(17,21)22)9-14(15)16(20)25-2/h3-9,18-19H,10H2,1-2H3,(H2,17,21,22). The van der Waals surface area contributed by atoms with Crippen molar-refractivity contribution in [2.24, 2.45) is 5.14 Å². The molecule has 0 heterocycles. The zero-order chi connectivity index (χ0) is 20.2. The molecule has 4 N–H and O–H groups in total. The highest BCUT2D eigenvalue weighted by Crippen LogP contribution is 2.22. The summed E-state index contributed by atoms with van der Waals surface area (Å²) in [7, 11) is -5.08. The fraction of sp³-hybridized carbons (Fsp3) is 0.188. The van der Waals surface area contributed by atoms with Gasteiger partial charge in [0.25, 0.3) is 0 Å². The smallest absolute Gasteiger partial charge is 0.340 e. The molecule has 0 amide bonds. The second-order valence-electron chi connectivity index (χ2n) is 5.45. The van der Waals surface area contributed by atoms with Crippen LogP contribution in [0.1, 0.15) is 15.9 Å². The molecule has 0 radical (unpaired) electrons. The van der Waals surface area contributed by atoms with Crippen LogP contribution in [0.15, 0.2) is 52.3 Å². The van der Waals surface area contributed by atoms with Crippen molar-refractivity contribution in [3.05, 3.63) is 53.6 Å². The van der Waals surface area contributed by atoms with E-state index >= 15 is 0 Å². The average molecular weight is 413 g/mol. The fourth-order valence-corrected chi connectivity index (χ4v) is 3.61. The monoisotopic (exact) mass is 413 g/mol. The van der Waals surface area contributed by atoms with Crippen molar-refractivity contribution in [1.82, 2.24) is 4.72 Å². The molecule has 0 bridgehead atoms. The average Bonchev–Trinajstić information content (AvgIpc) is 2.65. The normalized spacial score (nSPS) is 11.8. The molecule has 0 fully saturated rings. The highest BCUT2D eigenvalue weighted by Gasteiger charge is 2.17. The molecule has 27 heavy (non-hydrogen) atoms. The van der Waals surface area contributed by atoms with Crippen LogP contribution in [-0.4, -0.2) is 37.0 Å². The number of nitrogens with two attached hydrogens (primary N) is 1. The van der Waals surface area contributed by atoms with Crippen LogP contribution in [0.25, 0.3) is 0 Å². The number of esters is 1. The SMILES string of the molecule is CNS(=O)(=O)c1cccc(CNc2ccc(S(N)(=O)=O)cc2C(=O)OC)c1. The molecule has 0 aromatic heterocycles. The summed E-state index contributed by atoms with van der Waals surface area (Å²) in [4.78, 5) is 11.8. The summed E-state index contributed by atoms with van der Waals surface area (Å²) >= 11 is 0. The number of nitrogens with one attached hydrogen (secondary N) is 2. The van der Waals surface area contributed by atoms with Gasteiger partial charge in [-0.05, 0) is 42.9 Å². The summed E-state index contributed by atoms with van der Waals surface area (Å²) in [5.41, 5.74) is 0.941. The molecule has 0 aliphatic heterocycles. The van der Waals surface area contributed by atoms with Crippen molar-refractivity contribution in [1.29, 1.82) is 0 Å². The number of hydrogen-bond donors (Lipinski definition) is 3. The van der Waals surface area contributed by atoms with Crippen LogP contribution in [0.3, 0.4) is 0 Å². The minimum absolute atomic E-state index is 0.0111. The molecule has 0 saturated heterocycles. The molecule has 0 unspecified atom stereocenters. The van der Waals surface area contributed by atoms with Gasteiger partial charge in [-0.25, -0.2) is 31.5 Å². The van der Waals surface area contributed by atoms with E-state index in [1.807, 2.05) is 0 Å². The van der Waals surface area contributed by atoms with Gasteiger partial charge >= 0.3 is 5.97 Å². The molecule has 9 nitrogen and oxygen atoms in total. The number of sulfonamides is 2. The van der Waals surface area contributed by atoms with Gasteiger partial charge in [0.1, 0.15) is 0 Å². The lowest BCUT2D eigenvalue weighted by Crippen LogP contribution is -2.18. The molecule has 2 rings (SSSR count). The molecule has 0 atom stereocenters. The number of methoxy groups -OCH3 is 1. The lowest BCUT2D eigenvalue weighted by Gasteiger charge is -2.13. The van der Waals surface area contributed by atoms with Crippen LogP contribution in [0.4, 0.5) is 5.69 Å². The van der Waals surface area contributed by atoms with Crippen LogP contribution in [0, 0.1) is 0 Å². The molecule has 0 aliphatic rings. The highest BCUT2D eigenvalue weighted by atomic mass is 32.2. The topological polar surface area (TPSA) is 145 Å². The van der Waals surface area contributed by atoms with Crippen molar-refractivity contribution in [2.75, 3.05) is 19.5 Å². The zero-order valence-corrected chi connectivity index (χ0v) is 16.2. The Bertz CT molecular complexity index is 1070. The molecule has 0 spiro atoms. The van der Waals surface area contributed by atoms with E-state index in [-0.39, 0.29) is 21.9 Å². The summed E-state index contributed by atoms with van der Waals surface area (Å²) < 4.78 is 53.6. The Morgan fingerprint density at radius 3 is 2.37 bits per heavy atom. The first kappa shape index (κ1) is 20.8. The Labute approximate surface area is 157 Å².